The first-order chi connectivity index (χ1) is 16.5. The van der Waals surface area contributed by atoms with E-state index in [0.29, 0.717) is 4.90 Å². The Kier molecular flexibility index (Phi) is 7.14. The number of nitrogens with zero attached hydrogens (tertiary/aromatic N) is 4. The summed E-state index contributed by atoms with van der Waals surface area (Å²) in [5.74, 6) is -3.07. The quantitative estimate of drug-likeness (QED) is 0.277. The highest BCUT2D eigenvalue weighted by atomic mass is 16.6. The Balaban J connectivity index is 2.02. The molecule has 1 aromatic heterocycles. The van der Waals surface area contributed by atoms with Crippen LogP contribution in [0.5, 0.6) is 0 Å². The molecular weight excluding hydrogens is 464 g/mol. The van der Waals surface area contributed by atoms with Crippen molar-refractivity contribution in [2.24, 2.45) is 5.92 Å². The Morgan fingerprint density at radius 2 is 1.91 bits per heavy atom. The first-order valence-electron chi connectivity index (χ1n) is 10.5. The zero-order chi connectivity index (χ0) is 26.0. The van der Waals surface area contributed by atoms with Crippen molar-refractivity contribution in [3.8, 4) is 0 Å². The smallest absolute Gasteiger partial charge is 0.330 e. The van der Waals surface area contributed by atoms with Gasteiger partial charge in [-0.3, -0.25) is 43.7 Å². The SMILES string of the molecule is COCCN(C(=O)CN1C(=O)c2cccc([N+](=O)[O-])c2C1=O)c1c(N)n(CC(C)C)c(=O)[nH]c1=O. The van der Waals surface area contributed by atoms with E-state index in [2.05, 4.69) is 4.98 Å². The standard InChI is InChI=1S/C21H24N6O8/c1-11(2)9-25-17(22)16(18(29)23-21(25)32)24(7-8-35-3)14(28)10-26-19(30)12-5-4-6-13(27(33)34)15(12)20(26)31/h4-6,11H,7-10,22H2,1-3H3,(H,23,29,32). The molecule has 35 heavy (non-hydrogen) atoms. The fraction of sp³-hybridized carbons (Fsp3) is 0.381. The van der Waals surface area contributed by atoms with Gasteiger partial charge in [0.05, 0.1) is 17.1 Å². The molecule has 0 atom stereocenters. The molecule has 1 aromatic carbocycles. The van der Waals surface area contributed by atoms with E-state index in [1.54, 1.807) is 0 Å². The number of aromatic nitrogens is 2. The van der Waals surface area contributed by atoms with Crippen LogP contribution in [0.1, 0.15) is 34.6 Å². The van der Waals surface area contributed by atoms with Gasteiger partial charge in [-0.05, 0) is 12.0 Å². The van der Waals surface area contributed by atoms with E-state index >= 15 is 0 Å². The van der Waals surface area contributed by atoms with Crippen LogP contribution < -0.4 is 21.9 Å². The molecule has 3 amide bonds. The highest BCUT2D eigenvalue weighted by Crippen LogP contribution is 2.31. The largest absolute Gasteiger partial charge is 0.383 e. The van der Waals surface area contributed by atoms with Crippen molar-refractivity contribution < 1.29 is 24.0 Å². The summed E-state index contributed by atoms with van der Waals surface area (Å²) in [4.78, 5) is 78.0. The number of rotatable bonds is 9. The topological polar surface area (TPSA) is 191 Å². The summed E-state index contributed by atoms with van der Waals surface area (Å²) in [6.45, 7) is 2.75. The van der Waals surface area contributed by atoms with Gasteiger partial charge in [0.25, 0.3) is 23.1 Å². The van der Waals surface area contributed by atoms with Crippen LogP contribution in [-0.4, -0.2) is 63.9 Å². The Morgan fingerprint density at radius 3 is 2.51 bits per heavy atom. The van der Waals surface area contributed by atoms with Gasteiger partial charge in [-0.25, -0.2) is 4.79 Å². The molecule has 2 heterocycles. The summed E-state index contributed by atoms with van der Waals surface area (Å²) in [6, 6.07) is 3.59. The maximum absolute atomic E-state index is 13.3. The number of nitrogens with one attached hydrogen (secondary N) is 1. The second kappa shape index (κ2) is 9.89. The van der Waals surface area contributed by atoms with Crippen LogP contribution in [-0.2, 0) is 16.1 Å². The van der Waals surface area contributed by atoms with Gasteiger partial charge in [0, 0.05) is 26.3 Å². The second-order valence-corrected chi connectivity index (χ2v) is 8.19. The average Bonchev–Trinajstić information content (AvgIpc) is 3.03. The number of methoxy groups -OCH3 is 1. The van der Waals surface area contributed by atoms with Crippen molar-refractivity contribution in [1.29, 1.82) is 0 Å². The first kappa shape index (κ1) is 25.3. The minimum atomic E-state index is -1.01. The zero-order valence-corrected chi connectivity index (χ0v) is 19.3. The molecule has 0 fully saturated rings. The molecule has 2 aromatic rings. The van der Waals surface area contributed by atoms with E-state index in [-0.39, 0.29) is 42.7 Å². The molecule has 0 saturated heterocycles. The highest BCUT2D eigenvalue weighted by molar-refractivity contribution is 6.24. The van der Waals surface area contributed by atoms with Crippen LogP contribution in [0.25, 0.3) is 0 Å². The van der Waals surface area contributed by atoms with Crippen LogP contribution in [0.2, 0.25) is 0 Å². The number of fused-ring (bicyclic) bond motifs is 1. The second-order valence-electron chi connectivity index (χ2n) is 8.19. The summed E-state index contributed by atoms with van der Waals surface area (Å²) < 4.78 is 6.12. The summed E-state index contributed by atoms with van der Waals surface area (Å²) in [6.07, 6.45) is 0. The van der Waals surface area contributed by atoms with Crippen LogP contribution in [0.4, 0.5) is 17.2 Å². The molecule has 0 radical (unpaired) electrons. The monoisotopic (exact) mass is 488 g/mol. The van der Waals surface area contributed by atoms with Crippen molar-refractivity contribution in [2.45, 2.75) is 20.4 Å². The van der Waals surface area contributed by atoms with Gasteiger partial charge in [-0.1, -0.05) is 19.9 Å². The molecule has 0 unspecified atom stereocenters. The van der Waals surface area contributed by atoms with E-state index in [9.17, 15) is 34.1 Å². The predicted molar refractivity (Wildman–Crippen MR) is 123 cm³/mol. The van der Waals surface area contributed by atoms with Gasteiger partial charge in [-0.2, -0.15) is 0 Å². The molecule has 3 rings (SSSR count). The van der Waals surface area contributed by atoms with Crippen molar-refractivity contribution in [2.75, 3.05) is 37.4 Å². The number of benzene rings is 1. The molecule has 1 aliphatic rings. The van der Waals surface area contributed by atoms with Crippen molar-refractivity contribution in [1.82, 2.24) is 14.5 Å². The third kappa shape index (κ3) is 4.68. The number of nitro groups is 1. The molecule has 0 aliphatic carbocycles. The van der Waals surface area contributed by atoms with Crippen LogP contribution in [0.3, 0.4) is 0 Å². The number of nitro benzene ring substituents is 1. The van der Waals surface area contributed by atoms with Crippen molar-refractivity contribution in [3.63, 3.8) is 0 Å². The average molecular weight is 488 g/mol. The van der Waals surface area contributed by atoms with Crippen molar-refractivity contribution >= 4 is 34.9 Å². The molecule has 14 heteroatoms. The van der Waals surface area contributed by atoms with Gasteiger partial charge >= 0.3 is 5.69 Å². The molecule has 0 spiro atoms. The third-order valence-electron chi connectivity index (χ3n) is 5.32. The third-order valence-corrected chi connectivity index (χ3v) is 5.32. The fourth-order valence-electron chi connectivity index (χ4n) is 3.76. The number of anilines is 2. The van der Waals surface area contributed by atoms with Crippen LogP contribution in [0.15, 0.2) is 27.8 Å². The number of ether oxygens (including phenoxy) is 1. The predicted octanol–water partition coefficient (Wildman–Crippen LogP) is -0.0414. The van der Waals surface area contributed by atoms with Crippen LogP contribution >= 0.6 is 0 Å². The zero-order valence-electron chi connectivity index (χ0n) is 19.3. The maximum atomic E-state index is 13.3. The number of hydrogen-bond acceptors (Lipinski definition) is 9. The first-order valence-corrected chi connectivity index (χ1v) is 10.5. The Labute approximate surface area is 198 Å². The summed E-state index contributed by atoms with van der Waals surface area (Å²) in [7, 11) is 1.36. The normalized spacial score (nSPS) is 12.9. The summed E-state index contributed by atoms with van der Waals surface area (Å²) in [5, 5.41) is 11.3. The number of nitrogens with two attached hydrogens (primary N) is 1. The van der Waals surface area contributed by atoms with Gasteiger partial charge in [0.1, 0.15) is 17.9 Å². The molecule has 1 aliphatic heterocycles. The van der Waals surface area contributed by atoms with Gasteiger partial charge in [0.2, 0.25) is 5.91 Å². The number of aromatic amines is 1. The maximum Gasteiger partial charge on any atom is 0.330 e. The van der Waals surface area contributed by atoms with E-state index in [1.165, 1.54) is 19.2 Å². The Hall–Kier alpha value is -4.33. The van der Waals surface area contributed by atoms with Gasteiger partial charge in [0.15, 0.2) is 5.69 Å². The summed E-state index contributed by atoms with van der Waals surface area (Å²) >= 11 is 0. The highest BCUT2D eigenvalue weighted by Gasteiger charge is 2.42. The molecule has 186 valence electrons. The number of H-pyrrole nitrogens is 1. The van der Waals surface area contributed by atoms with E-state index in [4.69, 9.17) is 10.5 Å². The lowest BCUT2D eigenvalue weighted by Gasteiger charge is -2.26. The number of carbonyl (C=O) groups excluding carboxylic acids is 3. The molecule has 0 saturated carbocycles. The van der Waals surface area contributed by atoms with Crippen LogP contribution in [0, 0.1) is 16.0 Å². The number of hydrogen-bond donors (Lipinski definition) is 2. The lowest BCUT2D eigenvalue weighted by molar-refractivity contribution is -0.385. The van der Waals surface area contributed by atoms with Gasteiger partial charge in [-0.15, -0.1) is 0 Å². The Bertz CT molecular complexity index is 1330. The van der Waals surface area contributed by atoms with E-state index < -0.39 is 51.7 Å². The van der Waals surface area contributed by atoms with E-state index in [0.717, 1.165) is 15.5 Å². The molecular formula is C21H24N6O8. The summed E-state index contributed by atoms with van der Waals surface area (Å²) in [5.41, 5.74) is 2.91. The molecule has 14 nitrogen and oxygen atoms in total. The number of imide groups is 1. The van der Waals surface area contributed by atoms with Gasteiger partial charge < -0.3 is 15.4 Å². The lowest BCUT2D eigenvalue weighted by atomic mass is 10.1. The minimum absolute atomic E-state index is 0.0222. The Morgan fingerprint density at radius 1 is 1.23 bits per heavy atom. The fourth-order valence-corrected chi connectivity index (χ4v) is 3.76. The lowest BCUT2D eigenvalue weighted by Crippen LogP contribution is -2.47. The number of carbonyl (C=O) groups is 3. The minimum Gasteiger partial charge on any atom is -0.383 e. The number of amides is 3. The van der Waals surface area contributed by atoms with Crippen molar-refractivity contribution in [3.05, 3.63) is 60.3 Å². The number of nitrogen functional groups attached to an aromatic ring is 1. The van der Waals surface area contributed by atoms with E-state index in [1.807, 2.05) is 13.8 Å². The molecule has 3 N–H and O–H groups in total. The molecule has 0 bridgehead atoms.